The van der Waals surface area contributed by atoms with Gasteiger partial charge in [-0.3, -0.25) is 4.79 Å². The smallest absolute Gasteiger partial charge is 0.228 e. The molecule has 0 saturated heterocycles. The van der Waals surface area contributed by atoms with Crippen LogP contribution >= 0.6 is 11.3 Å². The Morgan fingerprint density at radius 1 is 1.32 bits per heavy atom. The first-order chi connectivity index (χ1) is 9.05. The van der Waals surface area contributed by atoms with E-state index in [1.165, 1.54) is 11.3 Å². The molecule has 0 fully saturated rings. The fraction of sp³-hybridized carbons (Fsp3) is 0.385. The maximum absolute atomic E-state index is 11.7. The van der Waals surface area contributed by atoms with Gasteiger partial charge in [0, 0.05) is 12.0 Å². The monoisotopic (exact) mass is 280 g/mol. The standard InChI is InChI=1S/C13H16N2O3S/c1-7(2)12(16)15-13-14-11-9(18-4)5-8(17-3)6-10(11)19-13/h5-7H,1-4H3,(H,14,15,16). The first-order valence-corrected chi connectivity index (χ1v) is 6.70. The molecule has 0 aliphatic heterocycles. The minimum atomic E-state index is -0.0801. The van der Waals surface area contributed by atoms with Gasteiger partial charge in [-0.15, -0.1) is 0 Å². The Bertz CT molecular complexity index is 607. The summed E-state index contributed by atoms with van der Waals surface area (Å²) in [7, 11) is 3.18. The van der Waals surface area contributed by atoms with E-state index in [2.05, 4.69) is 10.3 Å². The molecule has 5 nitrogen and oxygen atoms in total. The number of methoxy groups -OCH3 is 2. The number of thiazole rings is 1. The number of fused-ring (bicyclic) bond motifs is 1. The van der Waals surface area contributed by atoms with Gasteiger partial charge in [-0.05, 0) is 6.07 Å². The van der Waals surface area contributed by atoms with Crippen LogP contribution in [0.4, 0.5) is 5.13 Å². The normalized spacial score (nSPS) is 10.8. The van der Waals surface area contributed by atoms with Crippen LogP contribution in [0.1, 0.15) is 13.8 Å². The van der Waals surface area contributed by atoms with Gasteiger partial charge >= 0.3 is 0 Å². The van der Waals surface area contributed by atoms with Crippen LogP contribution in [0.25, 0.3) is 10.2 Å². The second kappa shape index (κ2) is 5.44. The summed E-state index contributed by atoms with van der Waals surface area (Å²) in [5.41, 5.74) is 0.729. The Morgan fingerprint density at radius 2 is 2.05 bits per heavy atom. The van der Waals surface area contributed by atoms with Crippen molar-refractivity contribution in [3.8, 4) is 11.5 Å². The molecule has 1 heterocycles. The van der Waals surface area contributed by atoms with Crippen LogP contribution in [-0.4, -0.2) is 25.1 Å². The van der Waals surface area contributed by atoms with Crippen LogP contribution in [-0.2, 0) is 4.79 Å². The summed E-state index contributed by atoms with van der Waals surface area (Å²) in [6.45, 7) is 3.68. The van der Waals surface area contributed by atoms with Gasteiger partial charge in [-0.1, -0.05) is 25.2 Å². The Hall–Kier alpha value is -1.82. The number of aromatic nitrogens is 1. The van der Waals surface area contributed by atoms with Crippen molar-refractivity contribution in [3.05, 3.63) is 12.1 Å². The summed E-state index contributed by atoms with van der Waals surface area (Å²) in [4.78, 5) is 16.1. The summed E-state index contributed by atoms with van der Waals surface area (Å²) in [5.74, 6) is 1.21. The second-order valence-corrected chi connectivity index (χ2v) is 5.37. The first-order valence-electron chi connectivity index (χ1n) is 5.88. The number of hydrogen-bond donors (Lipinski definition) is 1. The molecule has 0 saturated carbocycles. The third-order valence-electron chi connectivity index (χ3n) is 2.64. The Morgan fingerprint density at radius 3 is 2.63 bits per heavy atom. The van der Waals surface area contributed by atoms with E-state index < -0.39 is 0 Å². The lowest BCUT2D eigenvalue weighted by molar-refractivity contribution is -0.118. The van der Waals surface area contributed by atoms with Crippen LogP contribution in [0.15, 0.2) is 12.1 Å². The van der Waals surface area contributed by atoms with E-state index in [4.69, 9.17) is 9.47 Å². The summed E-state index contributed by atoms with van der Waals surface area (Å²) < 4.78 is 11.4. The molecule has 0 aliphatic rings. The Kier molecular flexibility index (Phi) is 3.90. The number of ether oxygens (including phenoxy) is 2. The molecule has 0 spiro atoms. The molecule has 1 aromatic heterocycles. The summed E-state index contributed by atoms with van der Waals surface area (Å²) in [5, 5.41) is 3.36. The third kappa shape index (κ3) is 2.78. The van der Waals surface area contributed by atoms with Crippen molar-refractivity contribution in [1.29, 1.82) is 0 Å². The van der Waals surface area contributed by atoms with Crippen molar-refractivity contribution in [1.82, 2.24) is 4.98 Å². The minimum absolute atomic E-state index is 0.0509. The SMILES string of the molecule is COc1cc(OC)c2nc(NC(=O)C(C)C)sc2c1. The number of nitrogens with one attached hydrogen (secondary N) is 1. The van der Waals surface area contributed by atoms with Crippen molar-refractivity contribution < 1.29 is 14.3 Å². The molecule has 0 radical (unpaired) electrons. The van der Waals surface area contributed by atoms with E-state index in [-0.39, 0.29) is 11.8 Å². The van der Waals surface area contributed by atoms with Crippen molar-refractivity contribution in [2.75, 3.05) is 19.5 Å². The highest BCUT2D eigenvalue weighted by Gasteiger charge is 2.14. The molecule has 1 aromatic carbocycles. The first kappa shape index (κ1) is 13.6. The number of benzene rings is 1. The van der Waals surface area contributed by atoms with Gasteiger partial charge in [0.05, 0.1) is 18.9 Å². The lowest BCUT2D eigenvalue weighted by Crippen LogP contribution is -2.17. The fourth-order valence-electron chi connectivity index (χ4n) is 1.55. The predicted octanol–water partition coefficient (Wildman–Crippen LogP) is 2.91. The van der Waals surface area contributed by atoms with Crippen LogP contribution in [0, 0.1) is 5.92 Å². The number of rotatable bonds is 4. The molecule has 2 rings (SSSR count). The van der Waals surface area contributed by atoms with Crippen molar-refractivity contribution in [2.45, 2.75) is 13.8 Å². The van der Waals surface area contributed by atoms with Gasteiger partial charge < -0.3 is 14.8 Å². The molecule has 2 aromatic rings. The van der Waals surface area contributed by atoms with Crippen molar-refractivity contribution in [2.24, 2.45) is 5.92 Å². The highest BCUT2D eigenvalue weighted by molar-refractivity contribution is 7.22. The maximum atomic E-state index is 11.7. The lowest BCUT2D eigenvalue weighted by atomic mass is 10.2. The zero-order valence-corrected chi connectivity index (χ0v) is 12.1. The molecule has 1 amide bonds. The Labute approximate surface area is 115 Å². The Balaban J connectivity index is 2.42. The van der Waals surface area contributed by atoms with Gasteiger partial charge in [0.2, 0.25) is 5.91 Å². The lowest BCUT2D eigenvalue weighted by Gasteiger charge is -2.04. The van der Waals surface area contributed by atoms with Gasteiger partial charge in [-0.25, -0.2) is 4.98 Å². The van der Waals surface area contributed by atoms with E-state index in [1.807, 2.05) is 19.9 Å². The molecular weight excluding hydrogens is 264 g/mol. The van der Waals surface area contributed by atoms with E-state index in [0.29, 0.717) is 16.6 Å². The zero-order chi connectivity index (χ0) is 14.0. The number of carbonyl (C=O) groups is 1. The molecule has 6 heteroatoms. The molecule has 19 heavy (non-hydrogen) atoms. The van der Waals surface area contributed by atoms with E-state index >= 15 is 0 Å². The van der Waals surface area contributed by atoms with Gasteiger partial charge in [0.15, 0.2) is 5.13 Å². The quantitative estimate of drug-likeness (QED) is 0.935. The minimum Gasteiger partial charge on any atom is -0.497 e. The third-order valence-corrected chi connectivity index (χ3v) is 3.56. The average Bonchev–Trinajstić information content (AvgIpc) is 2.79. The van der Waals surface area contributed by atoms with E-state index in [9.17, 15) is 4.79 Å². The predicted molar refractivity (Wildman–Crippen MR) is 76.2 cm³/mol. The van der Waals surface area contributed by atoms with Gasteiger partial charge in [0.25, 0.3) is 0 Å². The molecule has 1 N–H and O–H groups in total. The summed E-state index contributed by atoms with van der Waals surface area (Å²) in [6.07, 6.45) is 0. The zero-order valence-electron chi connectivity index (χ0n) is 11.3. The number of amides is 1. The molecule has 0 atom stereocenters. The van der Waals surface area contributed by atoms with Crippen LogP contribution < -0.4 is 14.8 Å². The average molecular weight is 280 g/mol. The molecule has 0 bridgehead atoms. The highest BCUT2D eigenvalue weighted by atomic mass is 32.1. The summed E-state index contributed by atoms with van der Waals surface area (Å²) in [6, 6.07) is 3.65. The summed E-state index contributed by atoms with van der Waals surface area (Å²) >= 11 is 1.40. The number of hydrogen-bond acceptors (Lipinski definition) is 5. The van der Waals surface area contributed by atoms with Crippen molar-refractivity contribution in [3.63, 3.8) is 0 Å². The van der Waals surface area contributed by atoms with Crippen molar-refractivity contribution >= 4 is 32.6 Å². The molecule has 0 aliphatic carbocycles. The maximum Gasteiger partial charge on any atom is 0.228 e. The number of carbonyl (C=O) groups excluding carboxylic acids is 1. The van der Waals surface area contributed by atoms with Gasteiger partial charge in [0.1, 0.15) is 17.0 Å². The van der Waals surface area contributed by atoms with Crippen LogP contribution in [0.5, 0.6) is 11.5 Å². The highest BCUT2D eigenvalue weighted by Crippen LogP contribution is 2.36. The largest absolute Gasteiger partial charge is 0.497 e. The second-order valence-electron chi connectivity index (χ2n) is 4.34. The fourth-order valence-corrected chi connectivity index (χ4v) is 2.47. The number of anilines is 1. The van der Waals surface area contributed by atoms with Crippen LogP contribution in [0.2, 0.25) is 0 Å². The molecular formula is C13H16N2O3S. The van der Waals surface area contributed by atoms with E-state index in [0.717, 1.165) is 10.2 Å². The van der Waals surface area contributed by atoms with Gasteiger partial charge in [-0.2, -0.15) is 0 Å². The number of nitrogens with zero attached hydrogens (tertiary/aromatic N) is 1. The molecule has 102 valence electrons. The molecule has 0 unspecified atom stereocenters. The van der Waals surface area contributed by atoms with E-state index in [1.54, 1.807) is 20.3 Å². The van der Waals surface area contributed by atoms with Crippen LogP contribution in [0.3, 0.4) is 0 Å². The topological polar surface area (TPSA) is 60.5 Å².